The zero-order valence-corrected chi connectivity index (χ0v) is 10.4. The number of anilines is 1. The van der Waals surface area contributed by atoms with Gasteiger partial charge in [-0.3, -0.25) is 4.79 Å². The monoisotopic (exact) mass is 236 g/mol. The summed E-state index contributed by atoms with van der Waals surface area (Å²) in [6.07, 6.45) is 2.09. The molecular weight excluding hydrogens is 216 g/mol. The molecule has 4 heteroatoms. The molecule has 0 heterocycles. The highest BCUT2D eigenvalue weighted by molar-refractivity contribution is 5.95. The van der Waals surface area contributed by atoms with Gasteiger partial charge < -0.3 is 16.2 Å². The molecule has 0 radical (unpaired) electrons. The van der Waals surface area contributed by atoms with Crippen LogP contribution in [0.2, 0.25) is 0 Å². The van der Waals surface area contributed by atoms with Gasteiger partial charge in [0.05, 0.1) is 5.69 Å². The molecule has 1 aromatic carbocycles. The molecule has 94 valence electrons. The Morgan fingerprint density at radius 3 is 2.59 bits per heavy atom. The first kappa shape index (κ1) is 13.4. The zero-order chi connectivity index (χ0) is 12.8. The lowest BCUT2D eigenvalue weighted by atomic mass is 10.0. The number of amides is 1. The molecule has 1 amide bonds. The van der Waals surface area contributed by atoms with E-state index in [1.807, 2.05) is 0 Å². The summed E-state index contributed by atoms with van der Waals surface area (Å²) in [5, 5.41) is 12.3. The Kier molecular flexibility index (Phi) is 4.82. The fourth-order valence-electron chi connectivity index (χ4n) is 1.60. The number of nitrogen functional groups attached to an aromatic ring is 1. The van der Waals surface area contributed by atoms with E-state index in [9.17, 15) is 9.90 Å². The van der Waals surface area contributed by atoms with E-state index in [2.05, 4.69) is 19.2 Å². The van der Waals surface area contributed by atoms with Crippen molar-refractivity contribution in [2.45, 2.75) is 26.7 Å². The third-order valence-electron chi connectivity index (χ3n) is 3.00. The molecule has 0 spiro atoms. The fourth-order valence-corrected chi connectivity index (χ4v) is 1.60. The molecule has 0 saturated carbocycles. The van der Waals surface area contributed by atoms with Gasteiger partial charge in [-0.15, -0.1) is 0 Å². The number of aromatic hydroxyl groups is 1. The minimum atomic E-state index is -0.174. The van der Waals surface area contributed by atoms with E-state index in [4.69, 9.17) is 5.73 Å². The molecule has 0 bridgehead atoms. The van der Waals surface area contributed by atoms with Gasteiger partial charge in [-0.05, 0) is 24.1 Å². The number of nitrogens with one attached hydrogen (secondary N) is 1. The summed E-state index contributed by atoms with van der Waals surface area (Å²) in [5.41, 5.74) is 6.18. The number of carbonyl (C=O) groups excluding carboxylic acids is 1. The van der Waals surface area contributed by atoms with Gasteiger partial charge in [0.2, 0.25) is 0 Å². The zero-order valence-electron chi connectivity index (χ0n) is 10.4. The summed E-state index contributed by atoms with van der Waals surface area (Å²) in [6.45, 7) is 4.88. The second kappa shape index (κ2) is 6.13. The second-order valence-electron chi connectivity index (χ2n) is 4.17. The third kappa shape index (κ3) is 3.66. The van der Waals surface area contributed by atoms with E-state index < -0.39 is 0 Å². The van der Waals surface area contributed by atoms with Crippen molar-refractivity contribution in [1.29, 1.82) is 0 Å². The number of phenolic OH excluding ortho intramolecular Hbond substituents is 1. The number of nitrogens with two attached hydrogens (primary N) is 1. The molecule has 0 atom stereocenters. The minimum Gasteiger partial charge on any atom is -0.506 e. The largest absolute Gasteiger partial charge is 0.506 e. The summed E-state index contributed by atoms with van der Waals surface area (Å²) in [7, 11) is 0. The maximum Gasteiger partial charge on any atom is 0.251 e. The van der Waals surface area contributed by atoms with Crippen LogP contribution >= 0.6 is 0 Å². The van der Waals surface area contributed by atoms with Crippen molar-refractivity contribution in [3.8, 4) is 5.75 Å². The first-order valence-corrected chi connectivity index (χ1v) is 5.95. The van der Waals surface area contributed by atoms with Crippen LogP contribution in [0.3, 0.4) is 0 Å². The molecule has 0 aromatic heterocycles. The van der Waals surface area contributed by atoms with Gasteiger partial charge in [-0.2, -0.15) is 0 Å². The van der Waals surface area contributed by atoms with Crippen molar-refractivity contribution in [2.75, 3.05) is 12.3 Å². The Morgan fingerprint density at radius 2 is 2.06 bits per heavy atom. The van der Waals surface area contributed by atoms with Crippen LogP contribution < -0.4 is 11.1 Å². The molecule has 0 saturated heterocycles. The molecule has 1 rings (SSSR count). The first-order valence-electron chi connectivity index (χ1n) is 5.95. The summed E-state index contributed by atoms with van der Waals surface area (Å²) in [5.74, 6) is 0.272. The number of rotatable bonds is 5. The quantitative estimate of drug-likeness (QED) is 0.541. The highest BCUT2D eigenvalue weighted by atomic mass is 16.3. The van der Waals surface area contributed by atoms with Crippen LogP contribution in [0.1, 0.15) is 37.0 Å². The van der Waals surface area contributed by atoms with E-state index >= 15 is 0 Å². The van der Waals surface area contributed by atoms with Gasteiger partial charge in [-0.25, -0.2) is 0 Å². The molecule has 1 aromatic rings. The van der Waals surface area contributed by atoms with Gasteiger partial charge in [0.25, 0.3) is 5.91 Å². The van der Waals surface area contributed by atoms with Gasteiger partial charge in [0.1, 0.15) is 5.75 Å². The number of hydrogen-bond acceptors (Lipinski definition) is 3. The van der Waals surface area contributed by atoms with Gasteiger partial charge in [-0.1, -0.05) is 26.7 Å². The van der Waals surface area contributed by atoms with Crippen molar-refractivity contribution in [3.63, 3.8) is 0 Å². The average Bonchev–Trinajstić information content (AvgIpc) is 2.33. The first-order chi connectivity index (χ1) is 8.08. The standard InChI is InChI=1S/C13H20N2O2/c1-3-9(4-2)8-15-13(17)10-5-6-11(14)12(16)7-10/h5-7,9,16H,3-4,8,14H2,1-2H3,(H,15,17). The third-order valence-corrected chi connectivity index (χ3v) is 3.00. The molecule has 4 N–H and O–H groups in total. The van der Waals surface area contributed by atoms with Crippen LogP contribution in [0.4, 0.5) is 5.69 Å². The molecule has 0 aliphatic carbocycles. The summed E-state index contributed by atoms with van der Waals surface area (Å²) >= 11 is 0. The van der Waals surface area contributed by atoms with Crippen LogP contribution in [0.15, 0.2) is 18.2 Å². The number of benzene rings is 1. The molecule has 4 nitrogen and oxygen atoms in total. The summed E-state index contributed by atoms with van der Waals surface area (Å²) in [6, 6.07) is 4.52. The van der Waals surface area contributed by atoms with E-state index in [0.29, 0.717) is 18.0 Å². The van der Waals surface area contributed by atoms with Crippen molar-refractivity contribution in [1.82, 2.24) is 5.32 Å². The average molecular weight is 236 g/mol. The van der Waals surface area contributed by atoms with Crippen molar-refractivity contribution in [3.05, 3.63) is 23.8 Å². The molecular formula is C13H20N2O2. The highest BCUT2D eigenvalue weighted by Crippen LogP contribution is 2.20. The lowest BCUT2D eigenvalue weighted by Crippen LogP contribution is -2.28. The Bertz CT molecular complexity index is 387. The predicted molar refractivity (Wildman–Crippen MR) is 68.9 cm³/mol. The maximum atomic E-state index is 11.8. The van der Waals surface area contributed by atoms with Gasteiger partial charge >= 0.3 is 0 Å². The second-order valence-corrected chi connectivity index (χ2v) is 4.17. The van der Waals surface area contributed by atoms with Crippen molar-refractivity contribution in [2.24, 2.45) is 5.92 Å². The van der Waals surface area contributed by atoms with Crippen molar-refractivity contribution >= 4 is 11.6 Å². The molecule has 0 aliphatic rings. The summed E-state index contributed by atoms with van der Waals surface area (Å²) < 4.78 is 0. The molecule has 0 aliphatic heterocycles. The maximum absolute atomic E-state index is 11.8. The number of hydrogen-bond donors (Lipinski definition) is 3. The van der Waals surface area contributed by atoms with Gasteiger partial charge in [0, 0.05) is 12.1 Å². The fraction of sp³-hybridized carbons (Fsp3) is 0.462. The molecule has 0 fully saturated rings. The minimum absolute atomic E-state index is 0.0554. The number of phenols is 1. The lowest BCUT2D eigenvalue weighted by molar-refractivity contribution is 0.0946. The van der Waals surface area contributed by atoms with E-state index in [1.54, 1.807) is 6.07 Å². The Hall–Kier alpha value is -1.71. The van der Waals surface area contributed by atoms with Crippen LogP contribution in [0.5, 0.6) is 5.75 Å². The van der Waals surface area contributed by atoms with Crippen LogP contribution in [-0.4, -0.2) is 17.6 Å². The summed E-state index contributed by atoms with van der Waals surface area (Å²) in [4.78, 5) is 11.8. The number of carbonyl (C=O) groups is 1. The van der Waals surface area contributed by atoms with Crippen LogP contribution in [0, 0.1) is 5.92 Å². The predicted octanol–water partition coefficient (Wildman–Crippen LogP) is 2.14. The van der Waals surface area contributed by atoms with Crippen molar-refractivity contribution < 1.29 is 9.90 Å². The lowest BCUT2D eigenvalue weighted by Gasteiger charge is -2.13. The molecule has 17 heavy (non-hydrogen) atoms. The van der Waals surface area contributed by atoms with E-state index in [-0.39, 0.29) is 17.3 Å². The van der Waals surface area contributed by atoms with Crippen LogP contribution in [0.25, 0.3) is 0 Å². The highest BCUT2D eigenvalue weighted by Gasteiger charge is 2.10. The molecule has 0 unspecified atom stereocenters. The Labute approximate surface area is 102 Å². The van der Waals surface area contributed by atoms with E-state index in [0.717, 1.165) is 12.8 Å². The Morgan fingerprint density at radius 1 is 1.41 bits per heavy atom. The smallest absolute Gasteiger partial charge is 0.251 e. The Balaban J connectivity index is 2.61. The van der Waals surface area contributed by atoms with E-state index in [1.165, 1.54) is 12.1 Å². The van der Waals surface area contributed by atoms with Crippen LogP contribution in [-0.2, 0) is 0 Å². The topological polar surface area (TPSA) is 75.4 Å². The normalized spacial score (nSPS) is 10.5. The van der Waals surface area contributed by atoms with Gasteiger partial charge in [0.15, 0.2) is 0 Å². The SMILES string of the molecule is CCC(CC)CNC(=O)c1ccc(N)c(O)c1.